The lowest BCUT2D eigenvalue weighted by atomic mass is 9.99. The monoisotopic (exact) mass is 588 g/mol. The number of ether oxygens (including phenoxy) is 4. The third-order valence-electron chi connectivity index (χ3n) is 7.18. The summed E-state index contributed by atoms with van der Waals surface area (Å²) in [7, 11) is 3.07. The van der Waals surface area contributed by atoms with E-state index in [4.69, 9.17) is 18.9 Å². The molecule has 0 aliphatic carbocycles. The van der Waals surface area contributed by atoms with Gasteiger partial charge in [-0.05, 0) is 68.2 Å². The Morgan fingerprint density at radius 1 is 0.930 bits per heavy atom. The molecule has 0 saturated carbocycles. The van der Waals surface area contributed by atoms with E-state index in [0.29, 0.717) is 52.0 Å². The molecule has 1 fully saturated rings. The van der Waals surface area contributed by atoms with Crippen LogP contribution in [0.1, 0.15) is 18.4 Å². The van der Waals surface area contributed by atoms with Crippen molar-refractivity contribution in [2.75, 3.05) is 39.2 Å². The van der Waals surface area contributed by atoms with Crippen LogP contribution in [0.3, 0.4) is 0 Å². The van der Waals surface area contributed by atoms with E-state index in [0.717, 1.165) is 32.0 Å². The Morgan fingerprint density at radius 3 is 2.49 bits per heavy atom. The largest absolute Gasteiger partial charge is 0.496 e. The minimum Gasteiger partial charge on any atom is -0.496 e. The summed E-state index contributed by atoms with van der Waals surface area (Å²) in [6.07, 6.45) is 3.65. The van der Waals surface area contributed by atoms with E-state index in [-0.39, 0.29) is 18.0 Å². The number of nitrogens with one attached hydrogen (secondary N) is 3. The van der Waals surface area contributed by atoms with Crippen molar-refractivity contribution in [3.05, 3.63) is 78.2 Å². The van der Waals surface area contributed by atoms with Gasteiger partial charge in [-0.2, -0.15) is 0 Å². The van der Waals surface area contributed by atoms with E-state index in [1.165, 1.54) is 19.2 Å². The van der Waals surface area contributed by atoms with Crippen molar-refractivity contribution < 1.29 is 32.9 Å². The molecule has 11 heteroatoms. The maximum absolute atomic E-state index is 15.1. The summed E-state index contributed by atoms with van der Waals surface area (Å²) in [5.74, 6) is -0.149. The number of carbonyl (C=O) groups excluding carboxylic acids is 2. The van der Waals surface area contributed by atoms with Crippen LogP contribution in [0.5, 0.6) is 28.7 Å². The number of para-hydroxylation sites is 1. The molecule has 1 saturated heterocycles. The van der Waals surface area contributed by atoms with Crippen molar-refractivity contribution in [1.29, 1.82) is 0 Å². The van der Waals surface area contributed by atoms with Gasteiger partial charge in [-0.15, -0.1) is 0 Å². The van der Waals surface area contributed by atoms with Gasteiger partial charge in [0, 0.05) is 35.4 Å². The van der Waals surface area contributed by atoms with Crippen molar-refractivity contribution >= 4 is 28.4 Å². The van der Waals surface area contributed by atoms with Crippen LogP contribution in [-0.4, -0.2) is 50.7 Å². The number of carbonyl (C=O) groups is 2. The fraction of sp³-hybridized carbons (Fsp3) is 0.281. The highest BCUT2D eigenvalue weighted by Gasteiger charge is 2.19. The number of rotatable bonds is 10. The van der Waals surface area contributed by atoms with Gasteiger partial charge in [-0.1, -0.05) is 18.2 Å². The number of hydrogen-bond acceptors (Lipinski definition) is 8. The maximum atomic E-state index is 15.1. The van der Waals surface area contributed by atoms with E-state index in [1.807, 2.05) is 0 Å². The Morgan fingerprint density at radius 2 is 1.72 bits per heavy atom. The van der Waals surface area contributed by atoms with Crippen LogP contribution in [0, 0.1) is 11.7 Å². The van der Waals surface area contributed by atoms with E-state index in [1.54, 1.807) is 55.8 Å². The van der Waals surface area contributed by atoms with Crippen LogP contribution in [0.2, 0.25) is 0 Å². The minimum atomic E-state index is -0.937. The third-order valence-corrected chi connectivity index (χ3v) is 7.18. The van der Waals surface area contributed by atoms with Crippen LogP contribution in [0.25, 0.3) is 10.9 Å². The van der Waals surface area contributed by atoms with Crippen molar-refractivity contribution in [3.8, 4) is 28.7 Å². The van der Waals surface area contributed by atoms with Gasteiger partial charge in [-0.3, -0.25) is 14.6 Å². The lowest BCUT2D eigenvalue weighted by Gasteiger charge is -2.23. The fourth-order valence-corrected chi connectivity index (χ4v) is 4.88. The summed E-state index contributed by atoms with van der Waals surface area (Å²) >= 11 is 0. The molecule has 1 aliphatic rings. The Kier molecular flexibility index (Phi) is 9.52. The predicted octanol–water partition coefficient (Wildman–Crippen LogP) is 4.82. The number of halogens is 1. The minimum absolute atomic E-state index is 0.0728. The molecule has 2 amide bonds. The zero-order valence-corrected chi connectivity index (χ0v) is 23.9. The molecule has 5 rings (SSSR count). The van der Waals surface area contributed by atoms with E-state index < -0.39 is 17.6 Å². The summed E-state index contributed by atoms with van der Waals surface area (Å²) in [4.78, 5) is 29.2. The lowest BCUT2D eigenvalue weighted by molar-refractivity contribution is -0.136. The molecule has 1 aliphatic heterocycles. The second-order valence-corrected chi connectivity index (χ2v) is 10.0. The molecule has 0 atom stereocenters. The van der Waals surface area contributed by atoms with Gasteiger partial charge in [0.2, 0.25) is 0 Å². The molecule has 1 aromatic heterocycles. The predicted molar refractivity (Wildman–Crippen MR) is 159 cm³/mol. The molecule has 224 valence electrons. The fourth-order valence-electron chi connectivity index (χ4n) is 4.88. The number of nitrogens with zero attached hydrogens (tertiary/aromatic N) is 1. The molecule has 0 unspecified atom stereocenters. The second kappa shape index (κ2) is 13.8. The summed E-state index contributed by atoms with van der Waals surface area (Å²) in [5.41, 5.74) is 1.33. The number of piperidine rings is 1. The zero-order valence-electron chi connectivity index (χ0n) is 23.9. The average Bonchev–Trinajstić information content (AvgIpc) is 3.04. The molecule has 0 radical (unpaired) electrons. The van der Waals surface area contributed by atoms with Gasteiger partial charge in [0.1, 0.15) is 17.0 Å². The van der Waals surface area contributed by atoms with Crippen LogP contribution < -0.4 is 34.9 Å². The molecular weight excluding hydrogens is 555 g/mol. The van der Waals surface area contributed by atoms with E-state index >= 15 is 4.39 Å². The standard InChI is InChI=1S/C32H33FN4O6/c1-40-25-6-4-3-5-21(25)18-36-31(38)32(39)37-22-7-9-27(24(33)17-22)43-26-13-16-35-29-23(26)8-10-28(30(29)41-2)42-19-20-11-14-34-15-12-20/h3-10,13,16-17,20,34H,11-12,14-15,18-19H2,1-2H3,(H,36,38)(H,37,39). The lowest BCUT2D eigenvalue weighted by Crippen LogP contribution is -2.35. The first-order valence-corrected chi connectivity index (χ1v) is 13.9. The van der Waals surface area contributed by atoms with Gasteiger partial charge in [-0.25, -0.2) is 4.39 Å². The SMILES string of the molecule is COc1ccccc1CNC(=O)C(=O)Nc1ccc(Oc2ccnc3c(OC)c(OCC4CCNCC4)ccc23)c(F)c1. The van der Waals surface area contributed by atoms with Crippen molar-refractivity contribution in [3.63, 3.8) is 0 Å². The number of amides is 2. The number of pyridine rings is 1. The van der Waals surface area contributed by atoms with Crippen LogP contribution >= 0.6 is 0 Å². The first-order valence-electron chi connectivity index (χ1n) is 13.9. The topological polar surface area (TPSA) is 120 Å². The Balaban J connectivity index is 1.24. The normalized spacial score (nSPS) is 13.3. The van der Waals surface area contributed by atoms with Gasteiger partial charge in [0.05, 0.1) is 20.8 Å². The smallest absolute Gasteiger partial charge is 0.313 e. The van der Waals surface area contributed by atoms with Gasteiger partial charge >= 0.3 is 11.8 Å². The van der Waals surface area contributed by atoms with Gasteiger partial charge in [0.15, 0.2) is 23.1 Å². The molecule has 43 heavy (non-hydrogen) atoms. The highest BCUT2D eigenvalue weighted by atomic mass is 19.1. The maximum Gasteiger partial charge on any atom is 0.313 e. The van der Waals surface area contributed by atoms with Crippen molar-refractivity contribution in [2.45, 2.75) is 19.4 Å². The van der Waals surface area contributed by atoms with E-state index in [2.05, 4.69) is 20.9 Å². The van der Waals surface area contributed by atoms with Crippen LogP contribution in [-0.2, 0) is 16.1 Å². The highest BCUT2D eigenvalue weighted by molar-refractivity contribution is 6.39. The number of methoxy groups -OCH3 is 2. The zero-order chi connectivity index (χ0) is 30.2. The van der Waals surface area contributed by atoms with Crippen LogP contribution in [0.4, 0.5) is 10.1 Å². The van der Waals surface area contributed by atoms with Gasteiger partial charge in [0.25, 0.3) is 0 Å². The number of hydrogen-bond donors (Lipinski definition) is 3. The molecule has 4 aromatic rings. The molecule has 3 N–H and O–H groups in total. The summed E-state index contributed by atoms with van der Waals surface area (Å²) in [5, 5.41) is 8.89. The first-order chi connectivity index (χ1) is 21.0. The van der Waals surface area contributed by atoms with Crippen molar-refractivity contribution in [2.24, 2.45) is 5.92 Å². The number of benzene rings is 3. The molecule has 10 nitrogen and oxygen atoms in total. The Bertz CT molecular complexity index is 1610. The molecule has 0 spiro atoms. The average molecular weight is 589 g/mol. The van der Waals surface area contributed by atoms with Gasteiger partial charge < -0.3 is 34.9 Å². The molecule has 3 aromatic carbocycles. The quantitative estimate of drug-likeness (QED) is 0.226. The molecule has 0 bridgehead atoms. The number of aromatic nitrogens is 1. The highest BCUT2D eigenvalue weighted by Crippen LogP contribution is 2.40. The summed E-state index contributed by atoms with van der Waals surface area (Å²) < 4.78 is 38.0. The van der Waals surface area contributed by atoms with E-state index in [9.17, 15) is 9.59 Å². The number of fused-ring (bicyclic) bond motifs is 1. The second-order valence-electron chi connectivity index (χ2n) is 10.0. The number of anilines is 1. The third kappa shape index (κ3) is 7.12. The Hall–Kier alpha value is -4.90. The summed E-state index contributed by atoms with van der Waals surface area (Å²) in [6.45, 7) is 2.63. The first kappa shape index (κ1) is 29.6. The van der Waals surface area contributed by atoms with Crippen molar-refractivity contribution in [1.82, 2.24) is 15.6 Å². The Labute approximate surface area is 248 Å². The molecule has 2 heterocycles. The summed E-state index contributed by atoms with van der Waals surface area (Å²) in [6, 6.07) is 16.2. The van der Waals surface area contributed by atoms with Crippen LogP contribution in [0.15, 0.2) is 66.9 Å². The molecular formula is C32H33FN4O6.